The average molecular weight is 294 g/mol. The number of nitrogens with one attached hydrogen (secondary N) is 1. The van der Waals surface area contributed by atoms with Crippen LogP contribution in [0.5, 0.6) is 5.75 Å². The lowest BCUT2D eigenvalue weighted by atomic mass is 10.1. The maximum atomic E-state index is 9.79. The van der Waals surface area contributed by atoms with Crippen molar-refractivity contribution < 1.29 is 5.11 Å². The largest absolute Gasteiger partial charge is 0.508 e. The van der Waals surface area contributed by atoms with Gasteiger partial charge in [-0.25, -0.2) is 9.97 Å². The number of hydrogen-bond acceptors (Lipinski definition) is 4. The topological polar surface area (TPSA) is 63.0 Å². The summed E-state index contributed by atoms with van der Waals surface area (Å²) in [6.45, 7) is 2.02. The van der Waals surface area contributed by atoms with Crippen LogP contribution in [-0.2, 0) is 0 Å². The van der Waals surface area contributed by atoms with Crippen LogP contribution in [0.1, 0.15) is 18.9 Å². The SMILES string of the molecule is Oc1cccc(-c2nc3cccnc3n2C2CCNCC2)c1. The lowest BCUT2D eigenvalue weighted by Gasteiger charge is -2.25. The van der Waals surface area contributed by atoms with Gasteiger partial charge in [-0.3, -0.25) is 0 Å². The highest BCUT2D eigenvalue weighted by Gasteiger charge is 2.22. The monoisotopic (exact) mass is 294 g/mol. The van der Waals surface area contributed by atoms with E-state index in [1.807, 2.05) is 30.5 Å². The molecule has 0 spiro atoms. The molecule has 0 amide bonds. The molecule has 3 aromatic rings. The van der Waals surface area contributed by atoms with Crippen molar-refractivity contribution in [2.24, 2.45) is 0 Å². The Bertz CT molecular complexity index is 805. The Labute approximate surface area is 128 Å². The predicted octanol–water partition coefficient (Wildman–Crippen LogP) is 2.73. The van der Waals surface area contributed by atoms with Crippen molar-refractivity contribution in [3.05, 3.63) is 42.6 Å². The zero-order valence-corrected chi connectivity index (χ0v) is 12.2. The smallest absolute Gasteiger partial charge is 0.160 e. The Balaban J connectivity index is 1.93. The van der Waals surface area contributed by atoms with Crippen molar-refractivity contribution in [2.45, 2.75) is 18.9 Å². The number of aromatic nitrogens is 3. The Morgan fingerprint density at radius 3 is 2.82 bits per heavy atom. The normalized spacial score (nSPS) is 16.2. The summed E-state index contributed by atoms with van der Waals surface area (Å²) >= 11 is 0. The fraction of sp³-hybridized carbons (Fsp3) is 0.294. The van der Waals surface area contributed by atoms with Crippen LogP contribution < -0.4 is 5.32 Å². The summed E-state index contributed by atoms with van der Waals surface area (Å²) in [4.78, 5) is 9.31. The molecule has 112 valence electrons. The number of nitrogens with zero attached hydrogens (tertiary/aromatic N) is 3. The van der Waals surface area contributed by atoms with E-state index >= 15 is 0 Å². The van der Waals surface area contributed by atoms with Gasteiger partial charge >= 0.3 is 0 Å². The van der Waals surface area contributed by atoms with E-state index in [1.165, 1.54) is 0 Å². The first-order valence-electron chi connectivity index (χ1n) is 7.66. The van der Waals surface area contributed by atoms with Crippen LogP contribution in [0.4, 0.5) is 0 Å². The van der Waals surface area contributed by atoms with E-state index in [0.717, 1.165) is 48.5 Å². The van der Waals surface area contributed by atoms with Gasteiger partial charge in [0.1, 0.15) is 17.1 Å². The summed E-state index contributed by atoms with van der Waals surface area (Å²) in [5.74, 6) is 1.14. The Hall–Kier alpha value is -2.40. The van der Waals surface area contributed by atoms with Crippen molar-refractivity contribution in [2.75, 3.05) is 13.1 Å². The van der Waals surface area contributed by atoms with Crippen LogP contribution in [-0.4, -0.2) is 32.7 Å². The number of piperidine rings is 1. The molecule has 2 N–H and O–H groups in total. The van der Waals surface area contributed by atoms with Crippen molar-refractivity contribution in [3.63, 3.8) is 0 Å². The fourth-order valence-electron chi connectivity index (χ4n) is 3.19. The molecule has 1 aromatic carbocycles. The zero-order valence-electron chi connectivity index (χ0n) is 12.2. The molecule has 0 bridgehead atoms. The number of aromatic hydroxyl groups is 1. The van der Waals surface area contributed by atoms with Crippen molar-refractivity contribution >= 4 is 11.2 Å². The third-order valence-corrected chi connectivity index (χ3v) is 4.23. The highest BCUT2D eigenvalue weighted by molar-refractivity contribution is 5.77. The number of imidazole rings is 1. The van der Waals surface area contributed by atoms with Crippen LogP contribution >= 0.6 is 0 Å². The molecule has 0 saturated carbocycles. The van der Waals surface area contributed by atoms with Gasteiger partial charge in [-0.2, -0.15) is 0 Å². The number of benzene rings is 1. The van der Waals surface area contributed by atoms with Crippen molar-refractivity contribution in [1.82, 2.24) is 19.9 Å². The molecule has 3 heterocycles. The van der Waals surface area contributed by atoms with Gasteiger partial charge in [0.25, 0.3) is 0 Å². The van der Waals surface area contributed by atoms with Crippen molar-refractivity contribution in [3.8, 4) is 17.1 Å². The molecule has 1 aliphatic heterocycles. The van der Waals surface area contributed by atoms with Crippen LogP contribution in [0.25, 0.3) is 22.6 Å². The summed E-state index contributed by atoms with van der Waals surface area (Å²) in [6.07, 6.45) is 3.94. The summed E-state index contributed by atoms with van der Waals surface area (Å²) < 4.78 is 2.24. The van der Waals surface area contributed by atoms with Crippen molar-refractivity contribution in [1.29, 1.82) is 0 Å². The lowest BCUT2D eigenvalue weighted by molar-refractivity contribution is 0.376. The molecule has 0 unspecified atom stereocenters. The van der Waals surface area contributed by atoms with E-state index in [-0.39, 0.29) is 5.75 Å². The van der Waals surface area contributed by atoms with Gasteiger partial charge in [0.15, 0.2) is 5.65 Å². The molecule has 5 nitrogen and oxygen atoms in total. The van der Waals surface area contributed by atoms with E-state index in [9.17, 15) is 5.11 Å². The summed E-state index contributed by atoms with van der Waals surface area (Å²) in [5.41, 5.74) is 2.75. The van der Waals surface area contributed by atoms with Gasteiger partial charge in [-0.1, -0.05) is 12.1 Å². The van der Waals surface area contributed by atoms with E-state index in [2.05, 4.69) is 14.9 Å². The number of phenols is 1. The number of fused-ring (bicyclic) bond motifs is 1. The van der Waals surface area contributed by atoms with E-state index in [1.54, 1.807) is 12.1 Å². The van der Waals surface area contributed by atoms with Gasteiger partial charge in [-0.15, -0.1) is 0 Å². The first-order valence-corrected chi connectivity index (χ1v) is 7.66. The second-order valence-electron chi connectivity index (χ2n) is 5.68. The average Bonchev–Trinajstić information content (AvgIpc) is 2.95. The lowest BCUT2D eigenvalue weighted by Crippen LogP contribution is -2.29. The van der Waals surface area contributed by atoms with E-state index < -0.39 is 0 Å². The third kappa shape index (κ3) is 2.23. The molecule has 5 heteroatoms. The highest BCUT2D eigenvalue weighted by Crippen LogP contribution is 2.32. The molecule has 1 fully saturated rings. The predicted molar refractivity (Wildman–Crippen MR) is 85.8 cm³/mol. The summed E-state index contributed by atoms with van der Waals surface area (Å²) in [7, 11) is 0. The van der Waals surface area contributed by atoms with Gasteiger partial charge in [-0.05, 0) is 50.2 Å². The van der Waals surface area contributed by atoms with Gasteiger partial charge in [0.05, 0.1) is 0 Å². The number of rotatable bonds is 2. The molecular weight excluding hydrogens is 276 g/mol. The third-order valence-electron chi connectivity index (χ3n) is 4.23. The van der Waals surface area contributed by atoms with Crippen LogP contribution in [0.3, 0.4) is 0 Å². The first kappa shape index (κ1) is 13.3. The molecule has 0 aliphatic carbocycles. The zero-order chi connectivity index (χ0) is 14.9. The molecule has 1 saturated heterocycles. The molecule has 4 rings (SSSR count). The minimum atomic E-state index is 0.259. The number of pyridine rings is 1. The first-order chi connectivity index (χ1) is 10.8. The minimum absolute atomic E-state index is 0.259. The molecule has 0 atom stereocenters. The molecule has 1 aliphatic rings. The molecule has 2 aromatic heterocycles. The Morgan fingerprint density at radius 1 is 1.14 bits per heavy atom. The second kappa shape index (κ2) is 5.42. The number of hydrogen-bond donors (Lipinski definition) is 2. The Kier molecular flexibility index (Phi) is 3.27. The Morgan fingerprint density at radius 2 is 2.00 bits per heavy atom. The van der Waals surface area contributed by atoms with E-state index in [0.29, 0.717) is 6.04 Å². The van der Waals surface area contributed by atoms with Crippen LogP contribution in [0.15, 0.2) is 42.6 Å². The number of phenolic OH excluding ortho intramolecular Hbond substituents is 1. The standard InChI is InChI=1S/C17H18N4O/c22-14-4-1-3-12(11-14)16-20-15-5-2-8-19-17(15)21(16)13-6-9-18-10-7-13/h1-5,8,11,13,18,22H,6-7,9-10H2. The van der Waals surface area contributed by atoms with Crippen LogP contribution in [0, 0.1) is 0 Å². The van der Waals surface area contributed by atoms with E-state index in [4.69, 9.17) is 4.98 Å². The summed E-state index contributed by atoms with van der Waals surface area (Å²) in [6, 6.07) is 11.6. The molecule has 0 radical (unpaired) electrons. The van der Waals surface area contributed by atoms with Gasteiger partial charge < -0.3 is 15.0 Å². The van der Waals surface area contributed by atoms with Crippen LogP contribution in [0.2, 0.25) is 0 Å². The van der Waals surface area contributed by atoms with Gasteiger partial charge in [0.2, 0.25) is 0 Å². The second-order valence-corrected chi connectivity index (χ2v) is 5.68. The molecule has 22 heavy (non-hydrogen) atoms. The molecular formula is C17H18N4O. The quantitative estimate of drug-likeness (QED) is 0.763. The minimum Gasteiger partial charge on any atom is -0.508 e. The fourth-order valence-corrected chi connectivity index (χ4v) is 3.19. The highest BCUT2D eigenvalue weighted by atomic mass is 16.3. The maximum Gasteiger partial charge on any atom is 0.160 e. The van der Waals surface area contributed by atoms with Gasteiger partial charge in [0, 0.05) is 17.8 Å². The maximum absolute atomic E-state index is 9.79. The summed E-state index contributed by atoms with van der Waals surface area (Å²) in [5, 5.41) is 13.2.